The highest BCUT2D eigenvalue weighted by Gasteiger charge is 2.22. The summed E-state index contributed by atoms with van der Waals surface area (Å²) in [6.45, 7) is 7.42. The third kappa shape index (κ3) is 6.65. The number of aryl methyl sites for hydroxylation is 1. The first-order valence-corrected chi connectivity index (χ1v) is 6.77. The second-order valence-corrected chi connectivity index (χ2v) is 5.85. The van der Waals surface area contributed by atoms with Gasteiger partial charge in [0.15, 0.2) is 0 Å². The molecule has 6 nitrogen and oxygen atoms in total. The second kappa shape index (κ2) is 6.97. The van der Waals surface area contributed by atoms with Crippen LogP contribution in [0.1, 0.15) is 26.3 Å². The topological polar surface area (TPSA) is 93.4 Å². The van der Waals surface area contributed by atoms with Crippen molar-refractivity contribution in [1.29, 1.82) is 0 Å². The lowest BCUT2D eigenvalue weighted by Crippen LogP contribution is -2.49. The standard InChI is InChI=1S/C15H23N3O3/c1-10-5-7-11(8-6-10)17-9-12(13(16)19)18-14(20)21-15(2,3)4/h5-8,12,17H,9H2,1-4H3,(H2,16,19)(H,18,20). The Balaban J connectivity index is 2.56. The van der Waals surface area contributed by atoms with Crippen LogP contribution in [0.25, 0.3) is 0 Å². The summed E-state index contributed by atoms with van der Waals surface area (Å²) in [5.74, 6) is -0.625. The van der Waals surface area contributed by atoms with Gasteiger partial charge in [-0.05, 0) is 39.8 Å². The molecule has 0 heterocycles. The van der Waals surface area contributed by atoms with Gasteiger partial charge in [0.2, 0.25) is 5.91 Å². The maximum absolute atomic E-state index is 11.7. The maximum Gasteiger partial charge on any atom is 0.408 e. The minimum Gasteiger partial charge on any atom is -0.444 e. The van der Waals surface area contributed by atoms with Crippen molar-refractivity contribution in [2.45, 2.75) is 39.3 Å². The Hall–Kier alpha value is -2.24. The smallest absolute Gasteiger partial charge is 0.408 e. The summed E-state index contributed by atoms with van der Waals surface area (Å²) in [5, 5.41) is 5.51. The lowest BCUT2D eigenvalue weighted by atomic mass is 10.2. The Bertz CT molecular complexity index is 492. The molecule has 4 N–H and O–H groups in total. The van der Waals surface area contributed by atoms with Crippen LogP contribution in [0.15, 0.2) is 24.3 Å². The van der Waals surface area contributed by atoms with Crippen LogP contribution in [0.5, 0.6) is 0 Å². The number of hydrogen-bond acceptors (Lipinski definition) is 4. The largest absolute Gasteiger partial charge is 0.444 e. The van der Waals surface area contributed by atoms with E-state index in [0.29, 0.717) is 0 Å². The number of anilines is 1. The van der Waals surface area contributed by atoms with Gasteiger partial charge >= 0.3 is 6.09 Å². The summed E-state index contributed by atoms with van der Waals surface area (Å²) in [4.78, 5) is 23.0. The summed E-state index contributed by atoms with van der Waals surface area (Å²) in [6.07, 6.45) is -0.669. The maximum atomic E-state index is 11.7. The molecule has 0 saturated carbocycles. The molecule has 1 atom stereocenters. The third-order valence-electron chi connectivity index (χ3n) is 2.60. The van der Waals surface area contributed by atoms with Gasteiger partial charge in [-0.3, -0.25) is 4.79 Å². The predicted octanol–water partition coefficient (Wildman–Crippen LogP) is 1.79. The lowest BCUT2D eigenvalue weighted by Gasteiger charge is -2.22. The summed E-state index contributed by atoms with van der Waals surface area (Å²) in [6, 6.07) is 6.83. The highest BCUT2D eigenvalue weighted by Crippen LogP contribution is 2.09. The van der Waals surface area contributed by atoms with E-state index in [1.807, 2.05) is 31.2 Å². The van der Waals surface area contributed by atoms with Gasteiger partial charge in [0.05, 0.1) is 0 Å². The highest BCUT2D eigenvalue weighted by atomic mass is 16.6. The number of nitrogens with two attached hydrogens (primary N) is 1. The first kappa shape index (κ1) is 16.8. The number of carbonyl (C=O) groups is 2. The van der Waals surface area contributed by atoms with Crippen molar-refractivity contribution in [3.05, 3.63) is 29.8 Å². The normalized spacial score (nSPS) is 12.4. The Kier molecular flexibility index (Phi) is 5.58. The van der Waals surface area contributed by atoms with Gasteiger partial charge in [-0.2, -0.15) is 0 Å². The molecule has 0 aliphatic carbocycles. The van der Waals surface area contributed by atoms with Gasteiger partial charge in [-0.15, -0.1) is 0 Å². The zero-order valence-electron chi connectivity index (χ0n) is 12.9. The molecule has 0 radical (unpaired) electrons. The van der Waals surface area contributed by atoms with Gasteiger partial charge in [0.1, 0.15) is 11.6 Å². The van der Waals surface area contributed by atoms with Crippen LogP contribution in [0.3, 0.4) is 0 Å². The average Bonchev–Trinajstić information content (AvgIpc) is 2.33. The van der Waals surface area contributed by atoms with Crippen LogP contribution in [0.2, 0.25) is 0 Å². The fourth-order valence-corrected chi connectivity index (χ4v) is 1.56. The Morgan fingerprint density at radius 2 is 1.81 bits per heavy atom. The molecule has 1 aromatic rings. The number of nitrogens with one attached hydrogen (secondary N) is 2. The summed E-state index contributed by atoms with van der Waals surface area (Å²) in [5.41, 5.74) is 6.64. The third-order valence-corrected chi connectivity index (χ3v) is 2.60. The number of primary amides is 1. The van der Waals surface area contributed by atoms with Crippen molar-refractivity contribution in [1.82, 2.24) is 5.32 Å². The first-order chi connectivity index (χ1) is 9.67. The lowest BCUT2D eigenvalue weighted by molar-refractivity contribution is -0.119. The molecule has 21 heavy (non-hydrogen) atoms. The molecule has 0 aliphatic rings. The van der Waals surface area contributed by atoms with Crippen LogP contribution < -0.4 is 16.4 Å². The highest BCUT2D eigenvalue weighted by molar-refractivity contribution is 5.84. The van der Waals surface area contributed by atoms with E-state index >= 15 is 0 Å². The molecule has 0 fully saturated rings. The number of benzene rings is 1. The number of amides is 2. The predicted molar refractivity (Wildman–Crippen MR) is 82.0 cm³/mol. The van der Waals surface area contributed by atoms with Crippen LogP contribution >= 0.6 is 0 Å². The molecule has 0 bridgehead atoms. The van der Waals surface area contributed by atoms with Crippen molar-refractivity contribution in [3.8, 4) is 0 Å². The molecule has 0 aliphatic heterocycles. The SMILES string of the molecule is Cc1ccc(NCC(NC(=O)OC(C)(C)C)C(N)=O)cc1. The molecule has 0 aromatic heterocycles. The second-order valence-electron chi connectivity index (χ2n) is 5.85. The van der Waals surface area contributed by atoms with Gasteiger partial charge in [-0.1, -0.05) is 17.7 Å². The Morgan fingerprint density at radius 3 is 2.29 bits per heavy atom. The van der Waals surface area contributed by atoms with Crippen molar-refractivity contribution in [2.24, 2.45) is 5.73 Å². The Labute approximate surface area is 125 Å². The molecule has 2 amide bonds. The molecule has 1 unspecified atom stereocenters. The Morgan fingerprint density at radius 1 is 1.24 bits per heavy atom. The molecule has 1 rings (SSSR count). The fraction of sp³-hybridized carbons (Fsp3) is 0.467. The quantitative estimate of drug-likeness (QED) is 0.771. The van der Waals surface area contributed by atoms with Gasteiger partial charge < -0.3 is 21.1 Å². The molecule has 0 saturated heterocycles. The van der Waals surface area contributed by atoms with Crippen LogP contribution in [-0.2, 0) is 9.53 Å². The molecular formula is C15H23N3O3. The number of rotatable bonds is 5. The van der Waals surface area contributed by atoms with E-state index in [-0.39, 0.29) is 6.54 Å². The monoisotopic (exact) mass is 293 g/mol. The molecule has 6 heteroatoms. The number of hydrogen-bond donors (Lipinski definition) is 3. The number of ether oxygens (including phenoxy) is 1. The van der Waals surface area contributed by atoms with E-state index < -0.39 is 23.6 Å². The van der Waals surface area contributed by atoms with Crippen LogP contribution in [0, 0.1) is 6.92 Å². The van der Waals surface area contributed by atoms with E-state index in [2.05, 4.69) is 10.6 Å². The fourth-order valence-electron chi connectivity index (χ4n) is 1.56. The van der Waals surface area contributed by atoms with Gasteiger partial charge in [-0.25, -0.2) is 4.79 Å². The average molecular weight is 293 g/mol. The summed E-state index contributed by atoms with van der Waals surface area (Å²) < 4.78 is 5.10. The molecule has 116 valence electrons. The molecular weight excluding hydrogens is 270 g/mol. The van der Waals surface area contributed by atoms with E-state index in [9.17, 15) is 9.59 Å². The minimum absolute atomic E-state index is 0.192. The number of carbonyl (C=O) groups excluding carboxylic acids is 2. The van der Waals surface area contributed by atoms with Gasteiger partial charge in [0, 0.05) is 12.2 Å². The van der Waals surface area contributed by atoms with Gasteiger partial charge in [0.25, 0.3) is 0 Å². The van der Waals surface area contributed by atoms with Crippen molar-refractivity contribution in [3.63, 3.8) is 0 Å². The van der Waals surface area contributed by atoms with Crippen molar-refractivity contribution in [2.75, 3.05) is 11.9 Å². The summed E-state index contributed by atoms with van der Waals surface area (Å²) >= 11 is 0. The van der Waals surface area contributed by atoms with E-state index in [1.54, 1.807) is 20.8 Å². The van der Waals surface area contributed by atoms with E-state index in [4.69, 9.17) is 10.5 Å². The van der Waals surface area contributed by atoms with Crippen molar-refractivity contribution < 1.29 is 14.3 Å². The molecule has 0 spiro atoms. The minimum atomic E-state index is -0.846. The molecule has 1 aromatic carbocycles. The first-order valence-electron chi connectivity index (χ1n) is 6.77. The van der Waals surface area contributed by atoms with Crippen LogP contribution in [0.4, 0.5) is 10.5 Å². The summed E-state index contributed by atoms with van der Waals surface area (Å²) in [7, 11) is 0. The van der Waals surface area contributed by atoms with E-state index in [0.717, 1.165) is 11.3 Å². The zero-order valence-corrected chi connectivity index (χ0v) is 12.9. The van der Waals surface area contributed by atoms with Crippen molar-refractivity contribution >= 4 is 17.7 Å². The van der Waals surface area contributed by atoms with Crippen LogP contribution in [-0.4, -0.2) is 30.2 Å². The van der Waals surface area contributed by atoms with E-state index in [1.165, 1.54) is 0 Å². The number of alkyl carbamates (subject to hydrolysis) is 1. The zero-order chi connectivity index (χ0) is 16.0.